The lowest BCUT2D eigenvalue weighted by Crippen LogP contribution is -2.52. The molecule has 0 atom stereocenters. The number of hydrogen-bond donors (Lipinski definition) is 0. The van der Waals surface area contributed by atoms with Gasteiger partial charge in [0.25, 0.3) is 0 Å². The molecule has 0 amide bonds. The Bertz CT molecular complexity index is 175. The molecule has 0 saturated heterocycles. The molecule has 0 aliphatic heterocycles. The SMILES string of the molecule is CCCCN([Si])[Si](CCCC)(CCCC)CCCC. The summed E-state index contributed by atoms with van der Waals surface area (Å²) in [6, 6.07) is 4.49. The van der Waals surface area contributed by atoms with Crippen molar-refractivity contribution in [2.75, 3.05) is 6.54 Å². The molecule has 0 rings (SSSR count). The Morgan fingerprint density at radius 1 is 0.684 bits per heavy atom. The number of nitrogens with zero attached hydrogens (tertiary/aromatic N) is 1. The highest BCUT2D eigenvalue weighted by Gasteiger charge is 2.34. The zero-order valence-electron chi connectivity index (χ0n) is 13.9. The zero-order chi connectivity index (χ0) is 14.6. The van der Waals surface area contributed by atoms with Crippen LogP contribution in [0.3, 0.4) is 0 Å². The molecule has 0 bridgehead atoms. The summed E-state index contributed by atoms with van der Waals surface area (Å²) in [6.07, 6.45) is 11.0. The van der Waals surface area contributed by atoms with Crippen molar-refractivity contribution in [2.24, 2.45) is 0 Å². The fraction of sp³-hybridized carbons (Fsp3) is 1.00. The van der Waals surface area contributed by atoms with Gasteiger partial charge < -0.3 is 4.23 Å². The van der Waals surface area contributed by atoms with Gasteiger partial charge in [0, 0.05) is 0 Å². The Morgan fingerprint density at radius 2 is 1.05 bits per heavy atom. The maximum Gasteiger partial charge on any atom is 0.135 e. The van der Waals surface area contributed by atoms with Gasteiger partial charge >= 0.3 is 0 Å². The predicted octanol–water partition coefficient (Wildman–Crippen LogP) is 5.52. The summed E-state index contributed by atoms with van der Waals surface area (Å²) in [5.41, 5.74) is 0. The average molecular weight is 299 g/mol. The molecule has 0 N–H and O–H groups in total. The van der Waals surface area contributed by atoms with Crippen LogP contribution in [0.2, 0.25) is 18.1 Å². The maximum atomic E-state index is 4.05. The molecular formula is C16H36NSi2. The van der Waals surface area contributed by atoms with Crippen LogP contribution in [0.1, 0.15) is 79.1 Å². The first-order chi connectivity index (χ1) is 9.16. The first-order valence-electron chi connectivity index (χ1n) is 8.65. The summed E-state index contributed by atoms with van der Waals surface area (Å²) in [6.45, 7) is 10.6. The van der Waals surface area contributed by atoms with Crippen molar-refractivity contribution in [3.05, 3.63) is 0 Å². The Morgan fingerprint density at radius 3 is 1.37 bits per heavy atom. The highest BCUT2D eigenvalue weighted by Crippen LogP contribution is 2.30. The molecule has 0 heterocycles. The van der Waals surface area contributed by atoms with Crippen LogP contribution < -0.4 is 0 Å². The third-order valence-corrected chi connectivity index (χ3v) is 11.2. The van der Waals surface area contributed by atoms with Crippen molar-refractivity contribution in [3.8, 4) is 0 Å². The minimum Gasteiger partial charge on any atom is -0.349 e. The van der Waals surface area contributed by atoms with Crippen molar-refractivity contribution in [1.82, 2.24) is 4.23 Å². The van der Waals surface area contributed by atoms with E-state index in [-0.39, 0.29) is 0 Å². The molecule has 0 aliphatic rings. The van der Waals surface area contributed by atoms with E-state index in [1.54, 1.807) is 0 Å². The normalized spacial score (nSPS) is 12.3. The van der Waals surface area contributed by atoms with Gasteiger partial charge in [-0.15, -0.1) is 0 Å². The number of rotatable bonds is 13. The van der Waals surface area contributed by atoms with Crippen LogP contribution in [0.15, 0.2) is 0 Å². The quantitative estimate of drug-likeness (QED) is 0.405. The minimum atomic E-state index is -1.25. The van der Waals surface area contributed by atoms with Gasteiger partial charge in [-0.05, 0) is 31.1 Å². The van der Waals surface area contributed by atoms with Crippen molar-refractivity contribution in [3.63, 3.8) is 0 Å². The molecule has 1 nitrogen and oxygen atoms in total. The molecule has 3 heteroatoms. The maximum absolute atomic E-state index is 4.05. The molecular weight excluding hydrogens is 262 g/mol. The second-order valence-electron chi connectivity index (χ2n) is 6.04. The van der Waals surface area contributed by atoms with Gasteiger partial charge in [0.15, 0.2) is 0 Å². The summed E-state index contributed by atoms with van der Waals surface area (Å²) in [5, 5.41) is 0. The fourth-order valence-corrected chi connectivity index (χ4v) is 9.24. The molecule has 0 unspecified atom stereocenters. The van der Waals surface area contributed by atoms with Crippen LogP contribution in [-0.2, 0) is 0 Å². The van der Waals surface area contributed by atoms with E-state index in [4.69, 9.17) is 0 Å². The largest absolute Gasteiger partial charge is 0.349 e. The second kappa shape index (κ2) is 12.2. The molecule has 0 fully saturated rings. The Labute approximate surface area is 127 Å². The monoisotopic (exact) mass is 298 g/mol. The van der Waals surface area contributed by atoms with Crippen molar-refractivity contribution < 1.29 is 0 Å². The lowest BCUT2D eigenvalue weighted by molar-refractivity contribution is 0.571. The first-order valence-corrected chi connectivity index (χ1v) is 11.7. The van der Waals surface area contributed by atoms with Crippen LogP contribution in [0.5, 0.6) is 0 Å². The molecule has 0 aliphatic carbocycles. The predicted molar refractivity (Wildman–Crippen MR) is 92.3 cm³/mol. The molecule has 0 aromatic rings. The van der Waals surface area contributed by atoms with Gasteiger partial charge in [-0.1, -0.05) is 72.6 Å². The van der Waals surface area contributed by atoms with Crippen LogP contribution in [0.4, 0.5) is 0 Å². The molecule has 0 saturated carbocycles. The van der Waals surface area contributed by atoms with Gasteiger partial charge in [0.05, 0.1) is 0 Å². The van der Waals surface area contributed by atoms with Crippen molar-refractivity contribution in [2.45, 2.75) is 97.2 Å². The Hall–Kier alpha value is 0.394. The van der Waals surface area contributed by atoms with Gasteiger partial charge in [-0.25, -0.2) is 0 Å². The van der Waals surface area contributed by atoms with Crippen LogP contribution in [-0.4, -0.2) is 29.4 Å². The zero-order valence-corrected chi connectivity index (χ0v) is 15.9. The van der Waals surface area contributed by atoms with E-state index in [0.29, 0.717) is 0 Å². The van der Waals surface area contributed by atoms with Crippen LogP contribution in [0, 0.1) is 0 Å². The molecule has 3 radical (unpaired) electrons. The third kappa shape index (κ3) is 7.67. The van der Waals surface area contributed by atoms with Gasteiger partial charge in [0.2, 0.25) is 0 Å². The van der Waals surface area contributed by atoms with Gasteiger partial charge in [0.1, 0.15) is 18.6 Å². The summed E-state index contributed by atoms with van der Waals surface area (Å²) in [5.74, 6) is 0. The van der Waals surface area contributed by atoms with E-state index in [0.717, 1.165) is 0 Å². The van der Waals surface area contributed by atoms with E-state index in [1.807, 2.05) is 0 Å². The van der Waals surface area contributed by atoms with E-state index >= 15 is 0 Å². The van der Waals surface area contributed by atoms with Crippen LogP contribution >= 0.6 is 0 Å². The second-order valence-corrected chi connectivity index (χ2v) is 11.5. The first kappa shape index (κ1) is 19.4. The minimum absolute atomic E-state index is 1.25. The molecule has 0 aromatic carbocycles. The highest BCUT2D eigenvalue weighted by molar-refractivity contribution is 6.80. The summed E-state index contributed by atoms with van der Waals surface area (Å²) in [4.78, 5) is 0. The fourth-order valence-electron chi connectivity index (χ4n) is 2.85. The standard InChI is InChI=1S/C16H36NSi2/c1-5-9-13-17(18)19(14-10-6-2,15-11-7-3)16-12-8-4/h5-16H2,1-4H3. The Kier molecular flexibility index (Phi) is 12.4. The summed E-state index contributed by atoms with van der Waals surface area (Å²) < 4.78 is 2.66. The molecule has 0 aromatic heterocycles. The molecule has 113 valence electrons. The third-order valence-electron chi connectivity index (χ3n) is 4.29. The van der Waals surface area contributed by atoms with Crippen molar-refractivity contribution in [1.29, 1.82) is 0 Å². The van der Waals surface area contributed by atoms with Crippen molar-refractivity contribution >= 4 is 18.6 Å². The highest BCUT2D eigenvalue weighted by atomic mass is 28.4. The van der Waals surface area contributed by atoms with Gasteiger partial charge in [-0.3, -0.25) is 0 Å². The van der Waals surface area contributed by atoms with E-state index in [1.165, 1.54) is 76.0 Å². The lowest BCUT2D eigenvalue weighted by Gasteiger charge is -2.41. The van der Waals surface area contributed by atoms with Crippen LogP contribution in [0.25, 0.3) is 0 Å². The topological polar surface area (TPSA) is 3.24 Å². The molecule has 0 spiro atoms. The summed E-state index contributed by atoms with van der Waals surface area (Å²) in [7, 11) is 2.79. The average Bonchev–Trinajstić information content (AvgIpc) is 2.44. The lowest BCUT2D eigenvalue weighted by atomic mass is 10.3. The van der Waals surface area contributed by atoms with E-state index in [2.05, 4.69) is 42.3 Å². The van der Waals surface area contributed by atoms with Gasteiger partial charge in [-0.2, -0.15) is 0 Å². The number of hydrogen-bond acceptors (Lipinski definition) is 1. The Balaban J connectivity index is 4.73. The van der Waals surface area contributed by atoms with E-state index < -0.39 is 8.24 Å². The smallest absolute Gasteiger partial charge is 0.135 e. The number of unbranched alkanes of at least 4 members (excludes halogenated alkanes) is 4. The van der Waals surface area contributed by atoms with E-state index in [9.17, 15) is 0 Å². The molecule has 19 heavy (non-hydrogen) atoms. The summed E-state index contributed by atoms with van der Waals surface area (Å²) >= 11 is 0.